The highest BCUT2D eigenvalue weighted by molar-refractivity contribution is 5.86. The zero-order chi connectivity index (χ0) is 22.7. The van der Waals surface area contributed by atoms with Gasteiger partial charge in [0.25, 0.3) is 0 Å². The quantitative estimate of drug-likeness (QED) is 0.361. The molecule has 1 aromatic heterocycles. The van der Waals surface area contributed by atoms with Crippen LogP contribution in [0.5, 0.6) is 17.2 Å². The minimum atomic E-state index is -0.498. The summed E-state index contributed by atoms with van der Waals surface area (Å²) in [7, 11) is 4.71. The zero-order valence-electron chi connectivity index (χ0n) is 17.8. The second-order valence-electron chi connectivity index (χ2n) is 7.02. The van der Waals surface area contributed by atoms with Crippen LogP contribution in [0, 0.1) is 5.82 Å². The fraction of sp³-hybridized carbons (Fsp3) is 0.115. The molecule has 0 saturated heterocycles. The Kier molecular flexibility index (Phi) is 5.94. The summed E-state index contributed by atoms with van der Waals surface area (Å²) in [5.74, 6) is 1.64. The van der Waals surface area contributed by atoms with E-state index in [4.69, 9.17) is 18.6 Å². The van der Waals surface area contributed by atoms with Crippen LogP contribution in [0.15, 0.2) is 69.9 Å². The van der Waals surface area contributed by atoms with Crippen LogP contribution in [0.2, 0.25) is 0 Å². The maximum atomic E-state index is 13.6. The molecule has 0 unspecified atom stereocenters. The Labute approximate surface area is 184 Å². The number of methoxy groups -OCH3 is 3. The molecule has 4 rings (SSSR count). The van der Waals surface area contributed by atoms with Crippen molar-refractivity contribution in [1.82, 2.24) is 0 Å². The van der Waals surface area contributed by atoms with E-state index in [9.17, 15) is 9.18 Å². The van der Waals surface area contributed by atoms with Gasteiger partial charge in [0, 0.05) is 12.1 Å². The fourth-order valence-electron chi connectivity index (χ4n) is 3.44. The topological polar surface area (TPSA) is 57.9 Å². The average Bonchev–Trinajstić information content (AvgIpc) is 2.82. The molecular formula is C26H21FO5. The molecule has 162 valence electrons. The van der Waals surface area contributed by atoms with Gasteiger partial charge in [0.2, 0.25) is 0 Å². The lowest BCUT2D eigenvalue weighted by Gasteiger charge is -2.14. The third kappa shape index (κ3) is 4.21. The van der Waals surface area contributed by atoms with Crippen molar-refractivity contribution in [3.63, 3.8) is 0 Å². The smallest absolute Gasteiger partial charge is 0.193 e. The normalized spacial score (nSPS) is 11.1. The van der Waals surface area contributed by atoms with Gasteiger partial charge in [0.05, 0.1) is 32.3 Å². The van der Waals surface area contributed by atoms with E-state index in [2.05, 4.69) is 0 Å². The van der Waals surface area contributed by atoms with Gasteiger partial charge in [-0.25, -0.2) is 4.39 Å². The Hall–Kier alpha value is -4.06. The number of rotatable bonds is 6. The third-order valence-electron chi connectivity index (χ3n) is 5.07. The van der Waals surface area contributed by atoms with Gasteiger partial charge in [-0.2, -0.15) is 0 Å². The minimum Gasteiger partial charge on any atom is -0.497 e. The molecule has 6 heteroatoms. The molecule has 0 atom stereocenters. The summed E-state index contributed by atoms with van der Waals surface area (Å²) < 4.78 is 35.8. The van der Waals surface area contributed by atoms with Crippen molar-refractivity contribution in [1.29, 1.82) is 0 Å². The summed E-state index contributed by atoms with van der Waals surface area (Å²) in [4.78, 5) is 12.7. The standard InChI is InChI=1S/C26H21FO5/c1-29-19-9-5-16(6-10-19)4-7-17-12-20(30-2)14-24(31-3)26(17)25-15-22(28)21-13-18(27)8-11-23(21)32-25/h4-15H,1-3H3/b7-4+. The third-order valence-corrected chi connectivity index (χ3v) is 5.07. The van der Waals surface area contributed by atoms with E-state index >= 15 is 0 Å². The Balaban J connectivity index is 1.89. The molecule has 0 saturated carbocycles. The molecule has 0 aliphatic carbocycles. The summed E-state index contributed by atoms with van der Waals surface area (Å²) in [5, 5.41) is 0.177. The van der Waals surface area contributed by atoms with E-state index in [1.807, 2.05) is 42.5 Å². The van der Waals surface area contributed by atoms with Crippen LogP contribution < -0.4 is 19.6 Å². The number of ether oxygens (including phenoxy) is 3. The van der Waals surface area contributed by atoms with E-state index < -0.39 is 5.82 Å². The molecule has 1 heterocycles. The molecule has 0 aliphatic heterocycles. The van der Waals surface area contributed by atoms with Crippen molar-refractivity contribution in [2.45, 2.75) is 0 Å². The van der Waals surface area contributed by atoms with Crippen LogP contribution >= 0.6 is 0 Å². The Morgan fingerprint density at radius 1 is 0.812 bits per heavy atom. The lowest BCUT2D eigenvalue weighted by molar-refractivity contribution is 0.394. The molecule has 0 fully saturated rings. The van der Waals surface area contributed by atoms with Gasteiger partial charge >= 0.3 is 0 Å². The van der Waals surface area contributed by atoms with Crippen LogP contribution in [-0.2, 0) is 0 Å². The van der Waals surface area contributed by atoms with E-state index in [1.165, 1.54) is 31.4 Å². The lowest BCUT2D eigenvalue weighted by Crippen LogP contribution is -2.02. The van der Waals surface area contributed by atoms with Crippen molar-refractivity contribution in [3.8, 4) is 28.6 Å². The number of hydrogen-bond donors (Lipinski definition) is 0. The molecule has 4 aromatic rings. The lowest BCUT2D eigenvalue weighted by atomic mass is 10.0. The van der Waals surface area contributed by atoms with Crippen LogP contribution in [0.1, 0.15) is 11.1 Å². The van der Waals surface area contributed by atoms with E-state index in [0.29, 0.717) is 22.8 Å². The van der Waals surface area contributed by atoms with Crippen molar-refractivity contribution in [2.75, 3.05) is 21.3 Å². The predicted octanol–water partition coefficient (Wildman–Crippen LogP) is 5.80. The first-order valence-corrected chi connectivity index (χ1v) is 9.84. The molecule has 0 amide bonds. The van der Waals surface area contributed by atoms with Crippen molar-refractivity contribution in [3.05, 3.63) is 87.8 Å². The summed E-state index contributed by atoms with van der Waals surface area (Å²) in [6.45, 7) is 0. The zero-order valence-corrected chi connectivity index (χ0v) is 17.8. The summed E-state index contributed by atoms with van der Waals surface area (Å²) in [6, 6.07) is 16.3. The highest BCUT2D eigenvalue weighted by atomic mass is 19.1. The predicted molar refractivity (Wildman–Crippen MR) is 123 cm³/mol. The summed E-state index contributed by atoms with van der Waals surface area (Å²) in [6.07, 6.45) is 3.81. The molecule has 0 aliphatic rings. The number of hydrogen-bond acceptors (Lipinski definition) is 5. The molecule has 0 bridgehead atoms. The highest BCUT2D eigenvalue weighted by Crippen LogP contribution is 2.38. The molecule has 0 spiro atoms. The van der Waals surface area contributed by atoms with E-state index in [0.717, 1.165) is 16.9 Å². The molecular weight excluding hydrogens is 411 g/mol. The highest BCUT2D eigenvalue weighted by Gasteiger charge is 2.17. The van der Waals surface area contributed by atoms with E-state index in [1.54, 1.807) is 20.3 Å². The molecule has 0 N–H and O–H groups in total. The molecule has 3 aromatic carbocycles. The number of benzene rings is 3. The monoisotopic (exact) mass is 432 g/mol. The fourth-order valence-corrected chi connectivity index (χ4v) is 3.44. The van der Waals surface area contributed by atoms with Crippen molar-refractivity contribution >= 4 is 23.1 Å². The van der Waals surface area contributed by atoms with Crippen molar-refractivity contribution in [2.24, 2.45) is 0 Å². The Morgan fingerprint density at radius 3 is 2.25 bits per heavy atom. The summed E-state index contributed by atoms with van der Waals surface area (Å²) in [5.41, 5.74) is 2.21. The maximum absolute atomic E-state index is 13.6. The second-order valence-corrected chi connectivity index (χ2v) is 7.02. The summed E-state index contributed by atoms with van der Waals surface area (Å²) >= 11 is 0. The van der Waals surface area contributed by atoms with Gasteiger partial charge < -0.3 is 18.6 Å². The second kappa shape index (κ2) is 8.98. The van der Waals surface area contributed by atoms with Gasteiger partial charge in [0.15, 0.2) is 5.43 Å². The maximum Gasteiger partial charge on any atom is 0.193 e. The van der Waals surface area contributed by atoms with E-state index in [-0.39, 0.29) is 16.4 Å². The Bertz CT molecular complexity index is 1350. The number of halogens is 1. The van der Waals surface area contributed by atoms with Gasteiger partial charge in [-0.15, -0.1) is 0 Å². The van der Waals surface area contributed by atoms with Crippen LogP contribution in [0.4, 0.5) is 4.39 Å². The van der Waals surface area contributed by atoms with Crippen LogP contribution in [0.25, 0.3) is 34.4 Å². The number of fused-ring (bicyclic) bond motifs is 1. The first kappa shape index (κ1) is 21.2. The van der Waals surface area contributed by atoms with Crippen LogP contribution in [-0.4, -0.2) is 21.3 Å². The van der Waals surface area contributed by atoms with Gasteiger partial charge in [-0.3, -0.25) is 4.79 Å². The van der Waals surface area contributed by atoms with Gasteiger partial charge in [0.1, 0.15) is 34.4 Å². The van der Waals surface area contributed by atoms with Gasteiger partial charge in [-0.1, -0.05) is 24.3 Å². The first-order chi connectivity index (χ1) is 15.5. The molecule has 5 nitrogen and oxygen atoms in total. The minimum absolute atomic E-state index is 0.177. The van der Waals surface area contributed by atoms with Gasteiger partial charge in [-0.05, 0) is 47.5 Å². The average molecular weight is 432 g/mol. The van der Waals surface area contributed by atoms with Crippen LogP contribution in [0.3, 0.4) is 0 Å². The Morgan fingerprint density at radius 2 is 1.56 bits per heavy atom. The SMILES string of the molecule is COc1ccc(/C=C/c2cc(OC)cc(OC)c2-c2cc(=O)c3cc(F)ccc3o2)cc1. The largest absolute Gasteiger partial charge is 0.497 e. The van der Waals surface area contributed by atoms with Crippen molar-refractivity contribution < 1.29 is 23.0 Å². The molecule has 0 radical (unpaired) electrons. The first-order valence-electron chi connectivity index (χ1n) is 9.84. The molecule has 32 heavy (non-hydrogen) atoms.